The summed E-state index contributed by atoms with van der Waals surface area (Å²) in [7, 11) is 0. The number of pyridine rings is 1. The third-order valence-corrected chi connectivity index (χ3v) is 6.10. The highest BCUT2D eigenvalue weighted by Crippen LogP contribution is 2.20. The summed E-state index contributed by atoms with van der Waals surface area (Å²) < 4.78 is 5.80. The highest BCUT2D eigenvalue weighted by atomic mass is 32.1. The summed E-state index contributed by atoms with van der Waals surface area (Å²) in [4.78, 5) is 20.3. The second-order valence-corrected chi connectivity index (χ2v) is 8.52. The van der Waals surface area contributed by atoms with E-state index in [2.05, 4.69) is 55.6 Å². The van der Waals surface area contributed by atoms with Crippen LogP contribution in [0.3, 0.4) is 0 Å². The van der Waals surface area contributed by atoms with Crippen molar-refractivity contribution < 1.29 is 4.74 Å². The van der Waals surface area contributed by atoms with E-state index in [1.165, 1.54) is 0 Å². The molecular formula is C20H29N7OS. The van der Waals surface area contributed by atoms with E-state index in [9.17, 15) is 0 Å². The van der Waals surface area contributed by atoms with Crippen molar-refractivity contribution >= 4 is 28.2 Å². The van der Waals surface area contributed by atoms with Crippen molar-refractivity contribution in [2.24, 2.45) is 10.7 Å². The van der Waals surface area contributed by atoms with Crippen molar-refractivity contribution in [2.45, 2.75) is 32.6 Å². The van der Waals surface area contributed by atoms with Crippen molar-refractivity contribution in [3.05, 3.63) is 35.5 Å². The summed E-state index contributed by atoms with van der Waals surface area (Å²) in [6.45, 7) is 10.0. The average molecular weight is 416 g/mol. The fourth-order valence-corrected chi connectivity index (χ4v) is 4.53. The van der Waals surface area contributed by atoms with Gasteiger partial charge in [-0.2, -0.15) is 0 Å². The first kappa shape index (κ1) is 19.9. The highest BCUT2D eigenvalue weighted by Gasteiger charge is 2.23. The fourth-order valence-electron chi connectivity index (χ4n) is 3.83. The molecule has 2 aromatic heterocycles. The Bertz CT molecular complexity index is 793. The zero-order valence-corrected chi connectivity index (χ0v) is 17.9. The molecule has 0 bridgehead atoms. The van der Waals surface area contributed by atoms with Gasteiger partial charge in [0.15, 0.2) is 11.1 Å². The Labute approximate surface area is 176 Å². The topological polar surface area (TPSA) is 83.1 Å². The number of guanidine groups is 1. The van der Waals surface area contributed by atoms with E-state index in [1.807, 2.05) is 17.8 Å². The van der Waals surface area contributed by atoms with E-state index in [0.29, 0.717) is 12.5 Å². The van der Waals surface area contributed by atoms with Crippen LogP contribution < -0.4 is 15.5 Å². The normalized spacial score (nSPS) is 23.5. The van der Waals surface area contributed by atoms with E-state index >= 15 is 0 Å². The smallest absolute Gasteiger partial charge is 0.191 e. The third-order valence-electron chi connectivity index (χ3n) is 5.27. The van der Waals surface area contributed by atoms with Gasteiger partial charge in [-0.05, 0) is 25.5 Å². The molecule has 0 amide bonds. The summed E-state index contributed by atoms with van der Waals surface area (Å²) in [5.74, 6) is 1.59. The van der Waals surface area contributed by atoms with Crippen molar-refractivity contribution in [1.82, 2.24) is 14.9 Å². The molecule has 2 aliphatic rings. The van der Waals surface area contributed by atoms with Gasteiger partial charge in [-0.25, -0.2) is 15.0 Å². The Morgan fingerprint density at radius 1 is 1.14 bits per heavy atom. The molecule has 0 spiro atoms. The minimum atomic E-state index is 0.223. The Kier molecular flexibility index (Phi) is 6.15. The van der Waals surface area contributed by atoms with E-state index in [1.54, 1.807) is 11.3 Å². The largest absolute Gasteiger partial charge is 0.372 e. The molecule has 2 atom stereocenters. The molecule has 0 aromatic carbocycles. The molecule has 0 radical (unpaired) electrons. The standard InChI is InChI=1S/C20H29N7OS/c1-15-13-27(14-16(2)28-15)18-4-3-17(11-23-18)12-24-19(21)25-6-8-26(9-7-25)20-22-5-10-29-20/h3-5,10-11,15-16H,6-9,12-14H2,1-2H3,(H2,21,24). The minimum absolute atomic E-state index is 0.223. The lowest BCUT2D eigenvalue weighted by molar-refractivity contribution is -0.00545. The van der Waals surface area contributed by atoms with Crippen LogP contribution in [-0.2, 0) is 11.3 Å². The molecule has 2 saturated heterocycles. The number of rotatable bonds is 4. The van der Waals surface area contributed by atoms with Gasteiger partial charge in [0.25, 0.3) is 0 Å². The number of hydrogen-bond donors (Lipinski definition) is 1. The quantitative estimate of drug-likeness (QED) is 0.602. The SMILES string of the molecule is CC1CN(c2ccc(CN=C(N)N3CCN(c4nccs4)CC3)cn2)CC(C)O1. The van der Waals surface area contributed by atoms with E-state index in [4.69, 9.17) is 10.5 Å². The summed E-state index contributed by atoms with van der Waals surface area (Å²) in [5, 5.41) is 3.09. The fraction of sp³-hybridized carbons (Fsp3) is 0.550. The average Bonchev–Trinajstić information content (AvgIpc) is 3.27. The number of thiazole rings is 1. The maximum atomic E-state index is 6.24. The number of aromatic nitrogens is 2. The Balaban J connectivity index is 1.29. The Hall–Kier alpha value is -2.39. The zero-order valence-electron chi connectivity index (χ0n) is 17.1. The number of anilines is 2. The molecule has 4 rings (SSSR count). The Morgan fingerprint density at radius 3 is 2.52 bits per heavy atom. The summed E-state index contributed by atoms with van der Waals surface area (Å²) in [6, 6.07) is 4.16. The van der Waals surface area contributed by atoms with Crippen LogP contribution in [-0.4, -0.2) is 72.3 Å². The van der Waals surface area contributed by atoms with Gasteiger partial charge in [-0.1, -0.05) is 6.07 Å². The first-order chi connectivity index (χ1) is 14.1. The molecule has 9 heteroatoms. The lowest BCUT2D eigenvalue weighted by atomic mass is 10.2. The van der Waals surface area contributed by atoms with Crippen molar-refractivity contribution in [2.75, 3.05) is 49.1 Å². The molecule has 29 heavy (non-hydrogen) atoms. The molecular weight excluding hydrogens is 386 g/mol. The van der Waals surface area contributed by atoms with Crippen LogP contribution in [0.15, 0.2) is 34.9 Å². The third kappa shape index (κ3) is 4.97. The maximum Gasteiger partial charge on any atom is 0.191 e. The van der Waals surface area contributed by atoms with Crippen LogP contribution in [0.2, 0.25) is 0 Å². The van der Waals surface area contributed by atoms with Crippen LogP contribution in [0.4, 0.5) is 10.9 Å². The first-order valence-corrected chi connectivity index (χ1v) is 11.0. The zero-order chi connectivity index (χ0) is 20.2. The molecule has 0 saturated carbocycles. The number of ether oxygens (including phenoxy) is 1. The van der Waals surface area contributed by atoms with Gasteiger partial charge >= 0.3 is 0 Å². The highest BCUT2D eigenvalue weighted by molar-refractivity contribution is 7.13. The van der Waals surface area contributed by atoms with Gasteiger partial charge in [0.2, 0.25) is 0 Å². The molecule has 2 aliphatic heterocycles. The van der Waals surface area contributed by atoms with Gasteiger partial charge in [-0.3, -0.25) is 0 Å². The van der Waals surface area contributed by atoms with Gasteiger partial charge < -0.3 is 25.2 Å². The molecule has 4 heterocycles. The molecule has 8 nitrogen and oxygen atoms in total. The molecule has 2 fully saturated rings. The first-order valence-electron chi connectivity index (χ1n) is 10.1. The van der Waals surface area contributed by atoms with Crippen LogP contribution in [0, 0.1) is 0 Å². The van der Waals surface area contributed by atoms with Crippen LogP contribution >= 0.6 is 11.3 Å². The number of nitrogens with zero attached hydrogens (tertiary/aromatic N) is 6. The van der Waals surface area contributed by atoms with E-state index < -0.39 is 0 Å². The van der Waals surface area contributed by atoms with Crippen molar-refractivity contribution in [1.29, 1.82) is 0 Å². The second kappa shape index (κ2) is 8.96. The minimum Gasteiger partial charge on any atom is -0.372 e. The molecule has 2 aromatic rings. The van der Waals surface area contributed by atoms with Gasteiger partial charge in [-0.15, -0.1) is 11.3 Å². The number of piperazine rings is 1. The van der Waals surface area contributed by atoms with Gasteiger partial charge in [0, 0.05) is 57.0 Å². The van der Waals surface area contributed by atoms with Crippen LogP contribution in [0.25, 0.3) is 0 Å². The monoisotopic (exact) mass is 415 g/mol. The van der Waals surface area contributed by atoms with E-state index in [0.717, 1.165) is 55.8 Å². The van der Waals surface area contributed by atoms with Crippen LogP contribution in [0.1, 0.15) is 19.4 Å². The lowest BCUT2D eigenvalue weighted by Gasteiger charge is -2.36. The summed E-state index contributed by atoms with van der Waals surface area (Å²) in [5.41, 5.74) is 7.30. The van der Waals surface area contributed by atoms with E-state index in [-0.39, 0.29) is 12.2 Å². The van der Waals surface area contributed by atoms with Gasteiger partial charge in [0.05, 0.1) is 18.8 Å². The van der Waals surface area contributed by atoms with Crippen molar-refractivity contribution in [3.63, 3.8) is 0 Å². The maximum absolute atomic E-state index is 6.24. The van der Waals surface area contributed by atoms with Crippen molar-refractivity contribution in [3.8, 4) is 0 Å². The number of aliphatic imine (C=N–C) groups is 1. The summed E-state index contributed by atoms with van der Waals surface area (Å²) in [6.07, 6.45) is 4.19. The number of hydrogen-bond acceptors (Lipinski definition) is 7. The molecule has 0 aliphatic carbocycles. The predicted octanol–water partition coefficient (Wildman–Crippen LogP) is 1.79. The molecule has 2 N–H and O–H groups in total. The second-order valence-electron chi connectivity index (χ2n) is 7.65. The summed E-state index contributed by atoms with van der Waals surface area (Å²) >= 11 is 1.68. The number of nitrogens with two attached hydrogens (primary N) is 1. The molecule has 2 unspecified atom stereocenters. The number of morpholine rings is 1. The van der Waals surface area contributed by atoms with Gasteiger partial charge in [0.1, 0.15) is 5.82 Å². The Morgan fingerprint density at radius 2 is 1.90 bits per heavy atom. The lowest BCUT2D eigenvalue weighted by Crippen LogP contribution is -2.51. The predicted molar refractivity (Wildman–Crippen MR) is 118 cm³/mol. The van der Waals surface area contributed by atoms with Crippen LogP contribution in [0.5, 0.6) is 0 Å². The molecule has 156 valence electrons.